The van der Waals surface area contributed by atoms with E-state index in [2.05, 4.69) is 6.92 Å². The summed E-state index contributed by atoms with van der Waals surface area (Å²) in [7, 11) is -0.0784. The molecule has 2 aliphatic heterocycles. The van der Waals surface area contributed by atoms with Crippen LogP contribution in [-0.2, 0) is 27.6 Å². The summed E-state index contributed by atoms with van der Waals surface area (Å²) >= 11 is 0. The largest absolute Gasteiger partial charge is 0.493 e. The first-order chi connectivity index (χ1) is 14.8. The molecule has 0 N–H and O–H groups in total. The summed E-state index contributed by atoms with van der Waals surface area (Å²) in [5, 5.41) is 0. The number of ether oxygens (including phenoxy) is 2. The maximum Gasteiger partial charge on any atom is 0.241 e. The SMILES string of the molecule is CCc1ccc(N2C(=O)CN(Cc3ccc(OC)c(OC)c3)[C@H]3CS(=O)(=O)C[C@H]32)cc1. The molecule has 0 aromatic heterocycles. The van der Waals surface area contributed by atoms with Crippen molar-refractivity contribution in [3.63, 3.8) is 0 Å². The number of carbonyl (C=O) groups excluding carboxylic acids is 1. The van der Waals surface area contributed by atoms with E-state index in [1.54, 1.807) is 19.1 Å². The maximum atomic E-state index is 13.2. The van der Waals surface area contributed by atoms with Crippen molar-refractivity contribution in [3.05, 3.63) is 53.6 Å². The van der Waals surface area contributed by atoms with Gasteiger partial charge < -0.3 is 14.4 Å². The highest BCUT2D eigenvalue weighted by Gasteiger charge is 2.49. The van der Waals surface area contributed by atoms with Gasteiger partial charge in [-0.2, -0.15) is 0 Å². The van der Waals surface area contributed by atoms with E-state index in [0.717, 1.165) is 17.7 Å². The molecular weight excluding hydrogens is 416 g/mol. The van der Waals surface area contributed by atoms with Crippen molar-refractivity contribution in [2.75, 3.05) is 37.2 Å². The normalized spacial score (nSPS) is 22.9. The highest BCUT2D eigenvalue weighted by Crippen LogP contribution is 2.34. The van der Waals surface area contributed by atoms with Gasteiger partial charge >= 0.3 is 0 Å². The van der Waals surface area contributed by atoms with Gasteiger partial charge in [-0.25, -0.2) is 8.42 Å². The standard InChI is InChI=1S/C23H28N2O5S/c1-4-16-5-8-18(9-6-16)25-20-15-31(27,28)14-19(20)24(13-23(25)26)12-17-7-10-21(29-2)22(11-17)30-3/h5-11,19-20H,4,12-15H2,1-3H3/t19-,20+/m0/s1. The molecule has 2 heterocycles. The highest BCUT2D eigenvalue weighted by atomic mass is 32.2. The van der Waals surface area contributed by atoms with Gasteiger partial charge in [0.15, 0.2) is 21.3 Å². The molecule has 7 nitrogen and oxygen atoms in total. The predicted molar refractivity (Wildman–Crippen MR) is 119 cm³/mol. The molecule has 2 aromatic rings. The lowest BCUT2D eigenvalue weighted by molar-refractivity contribution is -0.123. The molecule has 4 rings (SSSR count). The summed E-state index contributed by atoms with van der Waals surface area (Å²) in [5.74, 6) is 1.20. The number of hydrogen-bond donors (Lipinski definition) is 0. The van der Waals surface area contributed by atoms with Crippen LogP contribution in [0.3, 0.4) is 0 Å². The zero-order valence-electron chi connectivity index (χ0n) is 18.1. The van der Waals surface area contributed by atoms with E-state index in [1.807, 2.05) is 47.4 Å². The van der Waals surface area contributed by atoms with Crippen LogP contribution in [-0.4, -0.2) is 63.6 Å². The minimum Gasteiger partial charge on any atom is -0.493 e. The number of rotatable bonds is 6. The second-order valence-corrected chi connectivity index (χ2v) is 10.2. The Morgan fingerprint density at radius 2 is 1.58 bits per heavy atom. The second kappa shape index (κ2) is 8.51. The van der Waals surface area contributed by atoms with E-state index < -0.39 is 9.84 Å². The van der Waals surface area contributed by atoms with Crippen LogP contribution < -0.4 is 14.4 Å². The van der Waals surface area contributed by atoms with Crippen molar-refractivity contribution in [2.45, 2.75) is 32.0 Å². The third-order valence-electron chi connectivity index (χ3n) is 6.16. The quantitative estimate of drug-likeness (QED) is 0.681. The molecular formula is C23H28N2O5S. The lowest BCUT2D eigenvalue weighted by Gasteiger charge is -2.43. The van der Waals surface area contributed by atoms with E-state index in [1.165, 1.54) is 5.56 Å². The molecule has 2 atom stereocenters. The molecule has 2 aromatic carbocycles. The molecule has 2 saturated heterocycles. The number of nitrogens with zero attached hydrogens (tertiary/aromatic N) is 2. The van der Waals surface area contributed by atoms with Crippen molar-refractivity contribution in [3.8, 4) is 11.5 Å². The number of amides is 1. The van der Waals surface area contributed by atoms with Crippen LogP contribution in [0.25, 0.3) is 0 Å². The Labute approximate surface area is 183 Å². The Morgan fingerprint density at radius 3 is 2.23 bits per heavy atom. The highest BCUT2D eigenvalue weighted by molar-refractivity contribution is 7.91. The first-order valence-electron chi connectivity index (χ1n) is 10.4. The molecule has 2 aliphatic rings. The van der Waals surface area contributed by atoms with Gasteiger partial charge in [0.2, 0.25) is 5.91 Å². The van der Waals surface area contributed by atoms with Crippen LogP contribution >= 0.6 is 0 Å². The van der Waals surface area contributed by atoms with Gasteiger partial charge in [0.25, 0.3) is 0 Å². The first-order valence-corrected chi connectivity index (χ1v) is 12.2. The molecule has 0 radical (unpaired) electrons. The average molecular weight is 445 g/mol. The third kappa shape index (κ3) is 4.27. The van der Waals surface area contributed by atoms with Gasteiger partial charge in [-0.3, -0.25) is 9.69 Å². The molecule has 0 bridgehead atoms. The lowest BCUT2D eigenvalue weighted by Crippen LogP contribution is -2.61. The topological polar surface area (TPSA) is 76.2 Å². The number of piperazine rings is 1. The summed E-state index contributed by atoms with van der Waals surface area (Å²) < 4.78 is 35.8. The van der Waals surface area contributed by atoms with Crippen molar-refractivity contribution in [1.82, 2.24) is 4.90 Å². The number of hydrogen-bond acceptors (Lipinski definition) is 6. The van der Waals surface area contributed by atoms with Crippen LogP contribution in [0.2, 0.25) is 0 Å². The van der Waals surface area contributed by atoms with Crippen molar-refractivity contribution >= 4 is 21.4 Å². The summed E-state index contributed by atoms with van der Waals surface area (Å²) in [6.45, 7) is 2.71. The maximum absolute atomic E-state index is 13.2. The van der Waals surface area contributed by atoms with Gasteiger partial charge in [0.1, 0.15) is 0 Å². The molecule has 2 fully saturated rings. The Balaban J connectivity index is 1.63. The first kappa shape index (κ1) is 21.6. The number of carbonyl (C=O) groups is 1. The van der Waals surface area contributed by atoms with Gasteiger partial charge in [0, 0.05) is 18.3 Å². The molecule has 8 heteroatoms. The van der Waals surface area contributed by atoms with Crippen LogP contribution in [0.4, 0.5) is 5.69 Å². The molecule has 0 spiro atoms. The van der Waals surface area contributed by atoms with E-state index >= 15 is 0 Å². The number of anilines is 1. The van der Waals surface area contributed by atoms with E-state index in [-0.39, 0.29) is 36.0 Å². The lowest BCUT2D eigenvalue weighted by atomic mass is 10.0. The minimum atomic E-state index is -3.23. The fourth-order valence-corrected chi connectivity index (χ4v) is 6.55. The molecule has 1 amide bonds. The molecule has 0 saturated carbocycles. The minimum absolute atomic E-state index is 0.0125. The van der Waals surface area contributed by atoms with Crippen LogP contribution in [0.15, 0.2) is 42.5 Å². The number of aryl methyl sites for hydroxylation is 1. The number of methoxy groups -OCH3 is 2. The molecule has 166 valence electrons. The van der Waals surface area contributed by atoms with Gasteiger partial charge in [0.05, 0.1) is 38.3 Å². The zero-order chi connectivity index (χ0) is 22.2. The van der Waals surface area contributed by atoms with Crippen molar-refractivity contribution in [2.24, 2.45) is 0 Å². The molecule has 0 unspecified atom stereocenters. The Kier molecular flexibility index (Phi) is 5.94. The fourth-order valence-electron chi connectivity index (χ4n) is 4.57. The van der Waals surface area contributed by atoms with Crippen molar-refractivity contribution in [1.29, 1.82) is 0 Å². The summed E-state index contributed by atoms with van der Waals surface area (Å²) in [6, 6.07) is 12.8. The van der Waals surface area contributed by atoms with E-state index in [9.17, 15) is 13.2 Å². The fraction of sp³-hybridized carbons (Fsp3) is 0.435. The Hall–Kier alpha value is -2.58. The van der Waals surface area contributed by atoms with E-state index in [0.29, 0.717) is 18.0 Å². The van der Waals surface area contributed by atoms with Gasteiger partial charge in [-0.15, -0.1) is 0 Å². The smallest absolute Gasteiger partial charge is 0.241 e. The Bertz CT molecular complexity index is 1070. The van der Waals surface area contributed by atoms with Crippen LogP contribution in [0, 0.1) is 0 Å². The third-order valence-corrected chi connectivity index (χ3v) is 7.86. The number of benzene rings is 2. The monoisotopic (exact) mass is 444 g/mol. The second-order valence-electron chi connectivity index (χ2n) is 8.09. The van der Waals surface area contributed by atoms with Gasteiger partial charge in [-0.1, -0.05) is 25.1 Å². The summed E-state index contributed by atoms with van der Waals surface area (Å²) in [6.07, 6.45) is 0.910. The summed E-state index contributed by atoms with van der Waals surface area (Å²) in [4.78, 5) is 16.8. The number of sulfone groups is 1. The average Bonchev–Trinajstić information content (AvgIpc) is 3.09. The van der Waals surface area contributed by atoms with Crippen LogP contribution in [0.1, 0.15) is 18.1 Å². The predicted octanol–water partition coefficient (Wildman–Crippen LogP) is 2.28. The van der Waals surface area contributed by atoms with Crippen LogP contribution in [0.5, 0.6) is 11.5 Å². The van der Waals surface area contributed by atoms with E-state index in [4.69, 9.17) is 9.47 Å². The molecule has 31 heavy (non-hydrogen) atoms. The molecule has 0 aliphatic carbocycles. The van der Waals surface area contributed by atoms with Crippen molar-refractivity contribution < 1.29 is 22.7 Å². The number of fused-ring (bicyclic) bond motifs is 1. The summed E-state index contributed by atoms with van der Waals surface area (Å²) in [5.41, 5.74) is 2.88. The Morgan fingerprint density at radius 1 is 0.935 bits per heavy atom. The zero-order valence-corrected chi connectivity index (χ0v) is 18.9. The van der Waals surface area contributed by atoms with Gasteiger partial charge in [-0.05, 0) is 41.8 Å².